The maximum Gasteiger partial charge on any atom is 0.453 e. The number of aryl methyl sites for hydroxylation is 1. The molecule has 5 nitrogen and oxygen atoms in total. The van der Waals surface area contributed by atoms with Crippen LogP contribution < -0.4 is 4.90 Å². The van der Waals surface area contributed by atoms with Crippen molar-refractivity contribution >= 4 is 23.4 Å². The smallest absolute Gasteiger partial charge is 0.356 e. The van der Waals surface area contributed by atoms with Gasteiger partial charge in [-0.05, 0) is 20.1 Å². The highest BCUT2D eigenvalue weighted by Crippen LogP contribution is 2.28. The van der Waals surface area contributed by atoms with Gasteiger partial charge >= 0.3 is 6.18 Å². The van der Waals surface area contributed by atoms with Crippen LogP contribution in [0.4, 0.5) is 19.0 Å². The van der Waals surface area contributed by atoms with Gasteiger partial charge in [-0.3, -0.25) is 0 Å². The first-order valence-corrected chi connectivity index (χ1v) is 7.66. The molecule has 2 aromatic heterocycles. The second-order valence-corrected chi connectivity index (χ2v) is 5.73. The molecule has 0 aromatic carbocycles. The number of fused-ring (bicyclic) bond motifs is 1. The molecule has 0 aliphatic carbocycles. The van der Waals surface area contributed by atoms with Crippen molar-refractivity contribution in [2.24, 2.45) is 0 Å². The molecule has 2 heterocycles. The molecule has 21 heavy (non-hydrogen) atoms. The molecule has 0 saturated carbocycles. The molecule has 0 N–H and O–H groups in total. The van der Waals surface area contributed by atoms with Crippen molar-refractivity contribution in [3.63, 3.8) is 0 Å². The highest BCUT2D eigenvalue weighted by Gasteiger charge is 2.37. The molecule has 0 fully saturated rings. The van der Waals surface area contributed by atoms with Crippen molar-refractivity contribution in [2.75, 3.05) is 24.0 Å². The predicted molar refractivity (Wildman–Crippen MR) is 76.8 cm³/mol. The number of thioether (sulfide) groups is 1. The summed E-state index contributed by atoms with van der Waals surface area (Å²) < 4.78 is 39.4. The summed E-state index contributed by atoms with van der Waals surface area (Å²) in [5, 5.41) is 3.56. The van der Waals surface area contributed by atoms with E-state index in [-0.39, 0.29) is 11.8 Å². The number of anilines is 1. The molecule has 0 aliphatic heterocycles. The largest absolute Gasteiger partial charge is 0.453 e. The minimum atomic E-state index is -4.58. The van der Waals surface area contributed by atoms with E-state index in [1.54, 1.807) is 24.8 Å². The van der Waals surface area contributed by atoms with Crippen LogP contribution in [0.15, 0.2) is 6.07 Å². The lowest BCUT2D eigenvalue weighted by molar-refractivity contribution is -0.144. The van der Waals surface area contributed by atoms with Crippen molar-refractivity contribution < 1.29 is 13.2 Å². The zero-order valence-corrected chi connectivity index (χ0v) is 13.0. The van der Waals surface area contributed by atoms with Crippen molar-refractivity contribution in [3.8, 4) is 0 Å². The Hall–Kier alpha value is -1.51. The van der Waals surface area contributed by atoms with Crippen LogP contribution in [0.5, 0.6) is 0 Å². The maximum absolute atomic E-state index is 12.8. The number of hydrogen-bond donors (Lipinski definition) is 0. The van der Waals surface area contributed by atoms with E-state index < -0.39 is 12.0 Å². The third kappa shape index (κ3) is 3.22. The lowest BCUT2D eigenvalue weighted by atomic mass is 10.3. The minimum absolute atomic E-state index is 0.0412. The summed E-state index contributed by atoms with van der Waals surface area (Å²) in [7, 11) is 1.82. The first-order chi connectivity index (χ1) is 9.74. The average Bonchev–Trinajstić information content (AvgIpc) is 2.80. The molecule has 1 unspecified atom stereocenters. The maximum atomic E-state index is 12.8. The van der Waals surface area contributed by atoms with Crippen LogP contribution in [-0.4, -0.2) is 44.7 Å². The van der Waals surface area contributed by atoms with Gasteiger partial charge in [0.25, 0.3) is 11.6 Å². The van der Waals surface area contributed by atoms with Gasteiger partial charge in [0.05, 0.1) is 0 Å². The first kappa shape index (κ1) is 15.9. The number of nitrogens with zero attached hydrogens (tertiary/aromatic N) is 5. The summed E-state index contributed by atoms with van der Waals surface area (Å²) in [6.07, 6.45) is -2.60. The molecule has 116 valence electrons. The van der Waals surface area contributed by atoms with Gasteiger partial charge in [0.1, 0.15) is 5.82 Å². The Morgan fingerprint density at radius 1 is 1.38 bits per heavy atom. The van der Waals surface area contributed by atoms with Crippen molar-refractivity contribution in [1.82, 2.24) is 19.6 Å². The Balaban J connectivity index is 2.54. The second kappa shape index (κ2) is 5.70. The molecular formula is C12H16F3N5S. The fourth-order valence-electron chi connectivity index (χ4n) is 1.92. The lowest BCUT2D eigenvalue weighted by Crippen LogP contribution is -2.32. The van der Waals surface area contributed by atoms with E-state index in [0.717, 1.165) is 10.3 Å². The van der Waals surface area contributed by atoms with Crippen LogP contribution in [0.3, 0.4) is 0 Å². The summed E-state index contributed by atoms with van der Waals surface area (Å²) in [5.74, 6) is 0.176. The fraction of sp³-hybridized carbons (Fsp3) is 0.583. The Morgan fingerprint density at radius 3 is 2.62 bits per heavy atom. The molecule has 1 atom stereocenters. The quantitative estimate of drug-likeness (QED) is 0.867. The van der Waals surface area contributed by atoms with E-state index in [1.807, 2.05) is 25.1 Å². The predicted octanol–water partition coefficient (Wildman–Crippen LogP) is 2.64. The molecule has 2 rings (SSSR count). The van der Waals surface area contributed by atoms with Crippen LogP contribution in [0.1, 0.15) is 18.4 Å². The topological polar surface area (TPSA) is 46.3 Å². The van der Waals surface area contributed by atoms with Gasteiger partial charge in [-0.15, -0.1) is 5.10 Å². The SMILES string of the molecule is CSCC(C)N(C)c1cc(C)nc2nc(C(F)(F)F)nn12. The van der Waals surface area contributed by atoms with Crippen LogP contribution in [0, 0.1) is 6.92 Å². The van der Waals surface area contributed by atoms with Crippen LogP contribution in [0.25, 0.3) is 5.78 Å². The first-order valence-electron chi connectivity index (χ1n) is 6.27. The van der Waals surface area contributed by atoms with Gasteiger partial charge < -0.3 is 4.90 Å². The number of aromatic nitrogens is 4. The molecule has 0 amide bonds. The monoisotopic (exact) mass is 319 g/mol. The van der Waals surface area contributed by atoms with Gasteiger partial charge in [-0.25, -0.2) is 4.98 Å². The molecule has 0 aliphatic rings. The Bertz CT molecular complexity index is 640. The van der Waals surface area contributed by atoms with E-state index in [2.05, 4.69) is 15.1 Å². The zero-order chi connectivity index (χ0) is 15.8. The summed E-state index contributed by atoms with van der Waals surface area (Å²) in [6.45, 7) is 3.72. The van der Waals surface area contributed by atoms with Gasteiger partial charge in [0, 0.05) is 30.6 Å². The molecular weight excluding hydrogens is 303 g/mol. The molecule has 2 aromatic rings. The third-order valence-corrected chi connectivity index (χ3v) is 3.92. The number of hydrogen-bond acceptors (Lipinski definition) is 5. The second-order valence-electron chi connectivity index (χ2n) is 4.82. The van der Waals surface area contributed by atoms with Crippen LogP contribution in [0.2, 0.25) is 0 Å². The van der Waals surface area contributed by atoms with Crippen LogP contribution in [-0.2, 0) is 6.18 Å². The van der Waals surface area contributed by atoms with E-state index in [1.165, 1.54) is 0 Å². The van der Waals surface area contributed by atoms with Crippen molar-refractivity contribution in [3.05, 3.63) is 17.6 Å². The standard InChI is InChI=1S/C12H16F3N5S/c1-7-5-9(19(3)8(2)6-21-4)20-11(16-7)17-10(18-20)12(13,14)15/h5,8H,6H2,1-4H3. The van der Waals surface area contributed by atoms with Gasteiger partial charge in [0.15, 0.2) is 0 Å². The highest BCUT2D eigenvalue weighted by atomic mass is 32.2. The minimum Gasteiger partial charge on any atom is -0.356 e. The molecule has 0 saturated heterocycles. The zero-order valence-electron chi connectivity index (χ0n) is 12.1. The van der Waals surface area contributed by atoms with Crippen molar-refractivity contribution in [2.45, 2.75) is 26.1 Å². The summed E-state index contributed by atoms with van der Waals surface area (Å²) in [5.41, 5.74) is 0.599. The molecule has 0 bridgehead atoms. The molecule has 0 radical (unpaired) electrons. The Morgan fingerprint density at radius 2 is 2.05 bits per heavy atom. The van der Waals surface area contributed by atoms with E-state index in [9.17, 15) is 13.2 Å². The lowest BCUT2D eigenvalue weighted by Gasteiger charge is -2.26. The molecule has 9 heteroatoms. The van der Waals surface area contributed by atoms with Gasteiger partial charge in [-0.1, -0.05) is 0 Å². The summed E-state index contributed by atoms with van der Waals surface area (Å²) >= 11 is 1.67. The summed E-state index contributed by atoms with van der Waals surface area (Å²) in [6, 6.07) is 1.85. The average molecular weight is 319 g/mol. The van der Waals surface area contributed by atoms with E-state index in [0.29, 0.717) is 11.5 Å². The number of halogens is 3. The Kier molecular flexibility index (Phi) is 4.31. The fourth-order valence-corrected chi connectivity index (χ4v) is 2.62. The van der Waals surface area contributed by atoms with E-state index in [4.69, 9.17) is 0 Å². The third-order valence-electron chi connectivity index (χ3n) is 3.11. The highest BCUT2D eigenvalue weighted by molar-refractivity contribution is 7.98. The normalized spacial score (nSPS) is 13.7. The van der Waals surface area contributed by atoms with Gasteiger partial charge in [0.2, 0.25) is 0 Å². The Labute approximate surface area is 124 Å². The van der Waals surface area contributed by atoms with Crippen LogP contribution >= 0.6 is 11.8 Å². The van der Waals surface area contributed by atoms with E-state index >= 15 is 0 Å². The summed E-state index contributed by atoms with van der Waals surface area (Å²) in [4.78, 5) is 9.37. The van der Waals surface area contributed by atoms with Crippen molar-refractivity contribution in [1.29, 1.82) is 0 Å². The number of alkyl halides is 3. The number of rotatable bonds is 4. The van der Waals surface area contributed by atoms with Gasteiger partial charge in [-0.2, -0.15) is 34.4 Å². The molecule has 0 spiro atoms.